The van der Waals surface area contributed by atoms with E-state index in [2.05, 4.69) is 4.74 Å². The molecule has 0 heterocycles. The summed E-state index contributed by atoms with van der Waals surface area (Å²) in [4.78, 5) is 11.7. The van der Waals surface area contributed by atoms with Crippen LogP contribution in [0.15, 0.2) is 78.9 Å². The normalized spacial score (nSPS) is 13.4. The number of ether oxygens (including phenoxy) is 2. The molecule has 3 aromatic rings. The number of para-hydroxylation sites is 1. The number of halogens is 4. The van der Waals surface area contributed by atoms with Crippen molar-refractivity contribution >= 4 is 5.97 Å². The van der Waals surface area contributed by atoms with Gasteiger partial charge in [-0.15, -0.1) is 0 Å². The fourth-order valence-electron chi connectivity index (χ4n) is 3.11. The summed E-state index contributed by atoms with van der Waals surface area (Å²) in [6.07, 6.45) is -10.5. The highest BCUT2D eigenvalue weighted by molar-refractivity contribution is 5.69. The minimum Gasteiger partial charge on any atom is -0.550 e. The fourth-order valence-corrected chi connectivity index (χ4v) is 3.11. The van der Waals surface area contributed by atoms with E-state index >= 15 is 0 Å². The number of hydrogen-bond acceptors (Lipinski definition) is 5. The Kier molecular flexibility index (Phi) is 7.55. The van der Waals surface area contributed by atoms with Crippen molar-refractivity contribution in [2.24, 2.45) is 5.92 Å². The number of carbonyl (C=O) groups is 1. The molecule has 0 radical (unpaired) electrons. The molecule has 0 aliphatic heterocycles. The Morgan fingerprint density at radius 3 is 2.12 bits per heavy atom. The van der Waals surface area contributed by atoms with Gasteiger partial charge < -0.3 is 24.5 Å². The Labute approximate surface area is 186 Å². The van der Waals surface area contributed by atoms with Crippen molar-refractivity contribution in [3.63, 3.8) is 0 Å². The molecule has 0 bridgehead atoms. The molecule has 0 spiro atoms. The Morgan fingerprint density at radius 1 is 0.909 bits per heavy atom. The molecule has 2 atom stereocenters. The van der Waals surface area contributed by atoms with Gasteiger partial charge >= 0.3 is 12.5 Å². The fraction of sp³-hybridized carbons (Fsp3) is 0.208. The van der Waals surface area contributed by atoms with Gasteiger partial charge in [0.15, 0.2) is 0 Å². The summed E-state index contributed by atoms with van der Waals surface area (Å²) in [5, 5.41) is 22.3. The summed E-state index contributed by atoms with van der Waals surface area (Å²) >= 11 is 0. The van der Waals surface area contributed by atoms with Crippen LogP contribution in [0.2, 0.25) is 0 Å². The predicted octanol–water partition coefficient (Wildman–Crippen LogP) is 4.36. The Hall–Kier alpha value is -3.59. The van der Waals surface area contributed by atoms with Crippen LogP contribution < -0.4 is 14.6 Å². The van der Waals surface area contributed by atoms with E-state index in [9.17, 15) is 32.6 Å². The molecule has 0 amide bonds. The molecule has 3 aromatic carbocycles. The molecule has 0 saturated heterocycles. The van der Waals surface area contributed by atoms with Crippen LogP contribution in [0, 0.1) is 5.92 Å². The predicted molar refractivity (Wildman–Crippen MR) is 108 cm³/mol. The maximum atomic E-state index is 13.1. The molecular weight excluding hydrogens is 444 g/mol. The first-order chi connectivity index (χ1) is 15.7. The SMILES string of the molecule is O=C([O-])C(Cc1cccc(OC(F)(F)C(F)F)c1)C(O)c1ccc(Oc2ccccc2)cc1. The van der Waals surface area contributed by atoms with Gasteiger partial charge in [-0.1, -0.05) is 42.5 Å². The van der Waals surface area contributed by atoms with Gasteiger partial charge in [-0.2, -0.15) is 17.6 Å². The molecule has 0 aliphatic carbocycles. The van der Waals surface area contributed by atoms with Crippen molar-refractivity contribution in [3.05, 3.63) is 90.0 Å². The standard InChI is InChI=1S/C24H20F4O5/c25-23(26)24(27,28)33-19-8-4-5-15(13-19)14-20(22(30)31)21(29)16-9-11-18(12-10-16)32-17-6-2-1-3-7-17/h1-13,20-21,23,29H,14H2,(H,30,31)/p-1. The molecule has 0 aliphatic rings. The maximum absolute atomic E-state index is 13.1. The topological polar surface area (TPSA) is 78.8 Å². The van der Waals surface area contributed by atoms with E-state index in [4.69, 9.17) is 4.74 Å². The van der Waals surface area contributed by atoms with Crippen molar-refractivity contribution in [1.82, 2.24) is 0 Å². The number of carbonyl (C=O) groups excluding carboxylic acids is 1. The summed E-state index contributed by atoms with van der Waals surface area (Å²) in [5.74, 6) is -2.52. The second-order valence-corrected chi connectivity index (χ2v) is 7.17. The Balaban J connectivity index is 1.72. The quantitative estimate of drug-likeness (QED) is 0.452. The Bertz CT molecular complexity index is 1060. The molecule has 3 rings (SSSR count). The third-order valence-corrected chi connectivity index (χ3v) is 4.75. The van der Waals surface area contributed by atoms with Crippen LogP contribution in [-0.4, -0.2) is 23.6 Å². The molecule has 9 heteroatoms. The molecule has 0 fully saturated rings. The van der Waals surface area contributed by atoms with Crippen molar-refractivity contribution in [2.45, 2.75) is 25.1 Å². The minimum atomic E-state index is -4.70. The number of aliphatic hydroxyl groups is 1. The van der Waals surface area contributed by atoms with E-state index in [0.29, 0.717) is 11.5 Å². The number of hydrogen-bond donors (Lipinski definition) is 1. The zero-order chi connectivity index (χ0) is 24.0. The van der Waals surface area contributed by atoms with Crippen LogP contribution in [-0.2, 0) is 11.2 Å². The average molecular weight is 463 g/mol. The number of alkyl halides is 4. The van der Waals surface area contributed by atoms with Crippen molar-refractivity contribution in [3.8, 4) is 17.2 Å². The smallest absolute Gasteiger partial charge is 0.461 e. The summed E-state index contributed by atoms with van der Waals surface area (Å²) < 4.78 is 60.7. The summed E-state index contributed by atoms with van der Waals surface area (Å²) in [5.41, 5.74) is 0.441. The zero-order valence-electron chi connectivity index (χ0n) is 17.0. The molecule has 2 unspecified atom stereocenters. The Morgan fingerprint density at radius 2 is 1.52 bits per heavy atom. The van der Waals surface area contributed by atoms with Crippen molar-refractivity contribution < 1.29 is 42.0 Å². The lowest BCUT2D eigenvalue weighted by atomic mass is 9.90. The number of carboxylic acids is 1. The number of benzene rings is 3. The van der Waals surface area contributed by atoms with Gasteiger partial charge in [0.2, 0.25) is 0 Å². The highest BCUT2D eigenvalue weighted by Gasteiger charge is 2.44. The monoisotopic (exact) mass is 463 g/mol. The molecule has 174 valence electrons. The van der Waals surface area contributed by atoms with Crippen LogP contribution in [0.25, 0.3) is 0 Å². The second kappa shape index (κ2) is 10.4. The van der Waals surface area contributed by atoms with Crippen LogP contribution in [0.4, 0.5) is 17.6 Å². The van der Waals surface area contributed by atoms with Gasteiger partial charge in [0.25, 0.3) is 0 Å². The minimum absolute atomic E-state index is 0.176. The summed E-state index contributed by atoms with van der Waals surface area (Å²) in [7, 11) is 0. The lowest BCUT2D eigenvalue weighted by molar-refractivity contribution is -0.314. The third kappa shape index (κ3) is 6.45. The van der Waals surface area contributed by atoms with Crippen LogP contribution in [0.3, 0.4) is 0 Å². The molecule has 33 heavy (non-hydrogen) atoms. The molecule has 0 saturated carbocycles. The first kappa shape index (κ1) is 24.1. The average Bonchev–Trinajstić information content (AvgIpc) is 2.78. The molecule has 5 nitrogen and oxygen atoms in total. The zero-order valence-corrected chi connectivity index (χ0v) is 17.0. The van der Waals surface area contributed by atoms with Crippen LogP contribution in [0.5, 0.6) is 17.2 Å². The first-order valence-corrected chi connectivity index (χ1v) is 9.81. The maximum Gasteiger partial charge on any atom is 0.461 e. The van der Waals surface area contributed by atoms with E-state index in [1.54, 1.807) is 36.4 Å². The van der Waals surface area contributed by atoms with Crippen LogP contribution in [0.1, 0.15) is 17.2 Å². The first-order valence-electron chi connectivity index (χ1n) is 9.81. The lowest BCUT2D eigenvalue weighted by Crippen LogP contribution is -2.36. The van der Waals surface area contributed by atoms with Gasteiger partial charge in [-0.3, -0.25) is 0 Å². The number of aliphatic carboxylic acids is 1. The number of carboxylic acid groups (broad SMARTS) is 1. The van der Waals surface area contributed by atoms with E-state index in [0.717, 1.165) is 12.1 Å². The van der Waals surface area contributed by atoms with Crippen LogP contribution >= 0.6 is 0 Å². The van der Waals surface area contributed by atoms with Gasteiger partial charge in [0.1, 0.15) is 17.2 Å². The largest absolute Gasteiger partial charge is 0.550 e. The number of rotatable bonds is 10. The van der Waals surface area contributed by atoms with Gasteiger partial charge in [-0.25, -0.2) is 0 Å². The van der Waals surface area contributed by atoms with Crippen molar-refractivity contribution in [2.75, 3.05) is 0 Å². The highest BCUT2D eigenvalue weighted by atomic mass is 19.3. The van der Waals surface area contributed by atoms with E-state index < -0.39 is 36.3 Å². The highest BCUT2D eigenvalue weighted by Crippen LogP contribution is 2.31. The third-order valence-electron chi connectivity index (χ3n) is 4.75. The molecule has 1 N–H and O–H groups in total. The summed E-state index contributed by atoms with van der Waals surface area (Å²) in [6.45, 7) is 0. The van der Waals surface area contributed by atoms with E-state index in [1.807, 2.05) is 6.07 Å². The van der Waals surface area contributed by atoms with Crippen molar-refractivity contribution in [1.29, 1.82) is 0 Å². The lowest BCUT2D eigenvalue weighted by Gasteiger charge is -2.25. The van der Waals surface area contributed by atoms with E-state index in [1.165, 1.54) is 24.3 Å². The second-order valence-electron chi connectivity index (χ2n) is 7.17. The van der Waals surface area contributed by atoms with Gasteiger partial charge in [-0.05, 0) is 53.9 Å². The number of aliphatic hydroxyl groups excluding tert-OH is 1. The van der Waals surface area contributed by atoms with Gasteiger partial charge in [0, 0.05) is 11.9 Å². The molecule has 0 aromatic heterocycles. The van der Waals surface area contributed by atoms with E-state index in [-0.39, 0.29) is 17.5 Å². The van der Waals surface area contributed by atoms with Gasteiger partial charge in [0.05, 0.1) is 6.10 Å². The molecular formula is C24H19F4O5-. The summed E-state index contributed by atoms with van der Waals surface area (Å²) in [6, 6.07) is 19.7.